The topological polar surface area (TPSA) is 147 Å². The number of aliphatic hydroxyl groups excluding tert-OH is 1. The number of methoxy groups -OCH3 is 1. The molecule has 0 aromatic heterocycles. The standard InChI is InChI=1S/C22H33NO11/c1-4-5-6-7-8-9-10-31-22(19(26)29-3)11-15-16(23(13(2)24)20(27)32-15)18(34-22)17-14(25)12-30-21(28)33-17/h14-18,25H,4-12H2,1-3H3/t14?,15-,16+,17?,18+,22+/m0/s1. The lowest BCUT2D eigenvalue weighted by Gasteiger charge is -2.47. The van der Waals surface area contributed by atoms with E-state index in [-0.39, 0.29) is 19.6 Å². The number of aliphatic hydroxyl groups is 1. The van der Waals surface area contributed by atoms with Crippen LogP contribution in [0.1, 0.15) is 58.8 Å². The summed E-state index contributed by atoms with van der Waals surface area (Å²) in [6.07, 6.45) is -1.35. The molecule has 1 N–H and O–H groups in total. The summed E-state index contributed by atoms with van der Waals surface area (Å²) in [5, 5.41) is 10.5. The molecule has 0 saturated carbocycles. The van der Waals surface area contributed by atoms with Crippen LogP contribution in [0.4, 0.5) is 9.59 Å². The molecule has 0 aromatic rings. The average molecular weight is 488 g/mol. The Kier molecular flexibility index (Phi) is 8.72. The van der Waals surface area contributed by atoms with E-state index in [0.717, 1.165) is 44.1 Å². The summed E-state index contributed by atoms with van der Waals surface area (Å²) in [7, 11) is 1.16. The largest absolute Gasteiger partial charge is 0.508 e. The number of carbonyl (C=O) groups excluding carboxylic acids is 4. The molecule has 2 amide bonds. The first-order valence-electron chi connectivity index (χ1n) is 11.7. The van der Waals surface area contributed by atoms with Crippen LogP contribution in [0, 0.1) is 0 Å². The van der Waals surface area contributed by atoms with E-state index in [0.29, 0.717) is 6.42 Å². The average Bonchev–Trinajstić information content (AvgIpc) is 3.14. The van der Waals surface area contributed by atoms with Crippen molar-refractivity contribution in [3.63, 3.8) is 0 Å². The Morgan fingerprint density at radius 2 is 1.82 bits per heavy atom. The SMILES string of the molecule is CCCCCCCCO[C@]1(C(=O)OC)C[C@@H]2OC(=O)N(C(C)=O)[C@H]2[C@H](C2OC(=O)OCC2O)O1. The van der Waals surface area contributed by atoms with Crippen LogP contribution in [0.15, 0.2) is 0 Å². The normalized spacial score (nSPS) is 32.9. The lowest BCUT2D eigenvalue weighted by atomic mass is 9.88. The fourth-order valence-electron chi connectivity index (χ4n) is 4.58. The summed E-state index contributed by atoms with van der Waals surface area (Å²) in [4.78, 5) is 50.2. The van der Waals surface area contributed by atoms with E-state index in [1.54, 1.807) is 0 Å². The molecule has 3 heterocycles. The fourth-order valence-corrected chi connectivity index (χ4v) is 4.58. The number of amides is 2. The Morgan fingerprint density at radius 3 is 2.50 bits per heavy atom. The maximum Gasteiger partial charge on any atom is 0.508 e. The van der Waals surface area contributed by atoms with Gasteiger partial charge in [0.05, 0.1) is 20.1 Å². The van der Waals surface area contributed by atoms with E-state index < -0.39 is 60.4 Å². The molecular formula is C22H33NO11. The van der Waals surface area contributed by atoms with Crippen LogP contribution in [0.5, 0.6) is 0 Å². The van der Waals surface area contributed by atoms with Crippen LogP contribution >= 0.6 is 0 Å². The number of nitrogens with zero attached hydrogens (tertiary/aromatic N) is 1. The summed E-state index contributed by atoms with van der Waals surface area (Å²) in [5.41, 5.74) is 0. The van der Waals surface area contributed by atoms with Crippen molar-refractivity contribution in [2.45, 2.75) is 95.0 Å². The lowest BCUT2D eigenvalue weighted by Crippen LogP contribution is -2.67. The van der Waals surface area contributed by atoms with Gasteiger partial charge in [0, 0.05) is 6.92 Å². The summed E-state index contributed by atoms with van der Waals surface area (Å²) >= 11 is 0. The number of rotatable bonds is 10. The van der Waals surface area contributed by atoms with E-state index in [1.165, 1.54) is 6.92 Å². The van der Waals surface area contributed by atoms with Gasteiger partial charge in [0.2, 0.25) is 5.91 Å². The minimum absolute atomic E-state index is 0.159. The molecule has 6 atom stereocenters. The summed E-state index contributed by atoms with van der Waals surface area (Å²) in [6, 6.07) is -1.06. The molecule has 3 fully saturated rings. The zero-order chi connectivity index (χ0) is 24.9. The predicted octanol–water partition coefficient (Wildman–Crippen LogP) is 1.65. The maximum atomic E-state index is 12.9. The molecule has 12 heteroatoms. The molecule has 0 radical (unpaired) electrons. The van der Waals surface area contributed by atoms with Crippen LogP contribution in [0.3, 0.4) is 0 Å². The number of unbranched alkanes of at least 4 members (excludes halogenated alkanes) is 5. The van der Waals surface area contributed by atoms with E-state index in [1.807, 2.05) is 0 Å². The molecular weight excluding hydrogens is 454 g/mol. The molecule has 3 saturated heterocycles. The van der Waals surface area contributed by atoms with Crippen LogP contribution in [-0.4, -0.2) is 90.7 Å². The highest BCUT2D eigenvalue weighted by atomic mass is 16.8. The summed E-state index contributed by atoms with van der Waals surface area (Å²) < 4.78 is 32.1. The first kappa shape index (κ1) is 26.2. The molecule has 0 aromatic carbocycles. The van der Waals surface area contributed by atoms with Gasteiger partial charge in [-0.15, -0.1) is 0 Å². The number of carbonyl (C=O) groups is 4. The van der Waals surface area contributed by atoms with Gasteiger partial charge >= 0.3 is 18.2 Å². The van der Waals surface area contributed by atoms with E-state index in [2.05, 4.69) is 11.7 Å². The van der Waals surface area contributed by atoms with Gasteiger partial charge in [-0.2, -0.15) is 0 Å². The first-order valence-corrected chi connectivity index (χ1v) is 11.7. The van der Waals surface area contributed by atoms with Crippen LogP contribution < -0.4 is 0 Å². The third kappa shape index (κ3) is 5.44. The minimum Gasteiger partial charge on any atom is -0.465 e. The number of imide groups is 1. The minimum atomic E-state index is -1.98. The van der Waals surface area contributed by atoms with Gasteiger partial charge in [-0.1, -0.05) is 39.0 Å². The summed E-state index contributed by atoms with van der Waals surface area (Å²) in [5.74, 6) is -3.48. The molecule has 3 aliphatic rings. The van der Waals surface area contributed by atoms with E-state index >= 15 is 0 Å². The molecule has 3 aliphatic heterocycles. The monoisotopic (exact) mass is 487 g/mol. The lowest BCUT2D eigenvalue weighted by molar-refractivity contribution is -0.313. The smallest absolute Gasteiger partial charge is 0.465 e. The third-order valence-corrected chi connectivity index (χ3v) is 6.24. The Morgan fingerprint density at radius 1 is 1.12 bits per heavy atom. The van der Waals surface area contributed by atoms with Crippen molar-refractivity contribution in [1.29, 1.82) is 0 Å². The predicted molar refractivity (Wildman–Crippen MR) is 112 cm³/mol. The second-order valence-electron chi connectivity index (χ2n) is 8.66. The van der Waals surface area contributed by atoms with Crippen molar-refractivity contribution < 1.29 is 52.7 Å². The Labute approximate surface area is 197 Å². The van der Waals surface area contributed by atoms with E-state index in [9.17, 15) is 24.3 Å². The van der Waals surface area contributed by atoms with Crippen molar-refractivity contribution in [3.05, 3.63) is 0 Å². The summed E-state index contributed by atoms with van der Waals surface area (Å²) in [6.45, 7) is 3.07. The second kappa shape index (κ2) is 11.3. The van der Waals surface area contributed by atoms with Gasteiger partial charge < -0.3 is 33.5 Å². The van der Waals surface area contributed by atoms with Crippen LogP contribution in [0.25, 0.3) is 0 Å². The number of fused-ring (bicyclic) bond motifs is 1. The van der Waals surface area contributed by atoms with Crippen molar-refractivity contribution >= 4 is 24.1 Å². The van der Waals surface area contributed by atoms with Gasteiger partial charge in [-0.05, 0) is 6.42 Å². The molecule has 12 nitrogen and oxygen atoms in total. The maximum absolute atomic E-state index is 12.9. The number of cyclic esters (lactones) is 2. The number of hydrogen-bond acceptors (Lipinski definition) is 11. The Bertz CT molecular complexity index is 774. The van der Waals surface area contributed by atoms with Gasteiger partial charge in [-0.3, -0.25) is 4.79 Å². The molecule has 3 rings (SSSR count). The van der Waals surface area contributed by atoms with Gasteiger partial charge in [0.25, 0.3) is 5.79 Å². The van der Waals surface area contributed by atoms with Crippen molar-refractivity contribution in [1.82, 2.24) is 4.90 Å². The quantitative estimate of drug-likeness (QED) is 0.272. The highest BCUT2D eigenvalue weighted by Gasteiger charge is 2.64. The number of hydrogen-bond donors (Lipinski definition) is 1. The molecule has 2 unspecified atom stereocenters. The van der Waals surface area contributed by atoms with E-state index in [4.69, 9.17) is 23.7 Å². The third-order valence-electron chi connectivity index (χ3n) is 6.24. The van der Waals surface area contributed by atoms with Gasteiger partial charge in [0.15, 0.2) is 6.10 Å². The molecule has 0 bridgehead atoms. The fraction of sp³-hybridized carbons (Fsp3) is 0.818. The van der Waals surface area contributed by atoms with Crippen molar-refractivity contribution in [2.24, 2.45) is 0 Å². The first-order chi connectivity index (χ1) is 16.2. The zero-order valence-corrected chi connectivity index (χ0v) is 19.7. The van der Waals surface area contributed by atoms with Gasteiger partial charge in [-0.25, -0.2) is 19.3 Å². The number of ether oxygens (including phenoxy) is 6. The molecule has 34 heavy (non-hydrogen) atoms. The molecule has 0 aliphatic carbocycles. The second-order valence-corrected chi connectivity index (χ2v) is 8.66. The Balaban J connectivity index is 1.85. The van der Waals surface area contributed by atoms with Crippen LogP contribution in [-0.2, 0) is 38.0 Å². The van der Waals surface area contributed by atoms with Crippen molar-refractivity contribution in [3.8, 4) is 0 Å². The highest BCUT2D eigenvalue weighted by molar-refractivity contribution is 5.93. The number of esters is 1. The van der Waals surface area contributed by atoms with Crippen molar-refractivity contribution in [2.75, 3.05) is 20.3 Å². The van der Waals surface area contributed by atoms with Gasteiger partial charge in [0.1, 0.15) is 31.0 Å². The highest BCUT2D eigenvalue weighted by Crippen LogP contribution is 2.42. The zero-order valence-electron chi connectivity index (χ0n) is 19.7. The molecule has 192 valence electrons. The van der Waals surface area contributed by atoms with Crippen LogP contribution in [0.2, 0.25) is 0 Å². The Hall–Kier alpha value is -2.44. The molecule has 0 spiro atoms.